The maximum Gasteiger partial charge on any atom is 0.303 e. The largest absolute Gasteiger partial charge is 0.493 e. The average Bonchev–Trinajstić information content (AvgIpc) is 3.13. The second kappa shape index (κ2) is 4.85. The first-order chi connectivity index (χ1) is 9.61. The van der Waals surface area contributed by atoms with Crippen molar-refractivity contribution in [3.8, 4) is 17.2 Å². The highest BCUT2D eigenvalue weighted by Gasteiger charge is 2.40. The molecule has 0 bridgehead atoms. The van der Waals surface area contributed by atoms with Crippen LogP contribution in [0.25, 0.3) is 0 Å². The van der Waals surface area contributed by atoms with Crippen LogP contribution in [0.4, 0.5) is 4.39 Å². The number of hydrogen-bond donors (Lipinski definition) is 1. The van der Waals surface area contributed by atoms with E-state index in [1.54, 1.807) is 0 Å². The molecule has 5 nitrogen and oxygen atoms in total. The van der Waals surface area contributed by atoms with E-state index in [0.717, 1.165) is 12.8 Å². The lowest BCUT2D eigenvalue weighted by Gasteiger charge is -2.20. The van der Waals surface area contributed by atoms with Crippen molar-refractivity contribution in [2.24, 2.45) is 5.92 Å². The summed E-state index contributed by atoms with van der Waals surface area (Å²) >= 11 is 0. The van der Waals surface area contributed by atoms with Crippen molar-refractivity contribution in [2.45, 2.75) is 25.2 Å². The van der Waals surface area contributed by atoms with E-state index in [0.29, 0.717) is 17.1 Å². The predicted octanol–water partition coefficient (Wildman–Crippen LogP) is 2.53. The van der Waals surface area contributed by atoms with E-state index in [1.165, 1.54) is 13.2 Å². The molecule has 1 aliphatic heterocycles. The van der Waals surface area contributed by atoms with Crippen LogP contribution in [0.2, 0.25) is 0 Å². The average molecular weight is 282 g/mol. The van der Waals surface area contributed by atoms with Crippen molar-refractivity contribution in [1.29, 1.82) is 0 Å². The minimum atomic E-state index is -0.916. The number of hydrogen-bond acceptors (Lipinski definition) is 4. The molecule has 1 aromatic rings. The summed E-state index contributed by atoms with van der Waals surface area (Å²) in [6.07, 6.45) is 1.81. The third-order valence-electron chi connectivity index (χ3n) is 3.77. The molecule has 108 valence electrons. The topological polar surface area (TPSA) is 65.0 Å². The highest BCUT2D eigenvalue weighted by atomic mass is 19.1. The Hall–Kier alpha value is -1.98. The van der Waals surface area contributed by atoms with Crippen LogP contribution in [0.5, 0.6) is 17.2 Å². The second-order valence-corrected chi connectivity index (χ2v) is 5.08. The number of methoxy groups -OCH3 is 1. The molecule has 1 saturated carbocycles. The Labute approximate surface area is 115 Å². The summed E-state index contributed by atoms with van der Waals surface area (Å²) < 4.78 is 29.8. The van der Waals surface area contributed by atoms with Gasteiger partial charge in [-0.05, 0) is 18.8 Å². The number of rotatable bonds is 5. The Balaban J connectivity index is 2.12. The zero-order valence-electron chi connectivity index (χ0n) is 11.0. The van der Waals surface area contributed by atoms with Gasteiger partial charge in [0.1, 0.15) is 0 Å². The number of benzene rings is 1. The van der Waals surface area contributed by atoms with Gasteiger partial charge in [0, 0.05) is 17.5 Å². The molecule has 1 aliphatic carbocycles. The Kier molecular flexibility index (Phi) is 3.16. The Morgan fingerprint density at radius 2 is 2.30 bits per heavy atom. The molecular weight excluding hydrogens is 267 g/mol. The quantitative estimate of drug-likeness (QED) is 0.899. The zero-order valence-corrected chi connectivity index (χ0v) is 11.0. The van der Waals surface area contributed by atoms with Crippen LogP contribution in [-0.4, -0.2) is 25.0 Å². The minimum absolute atomic E-state index is 0.0133. The number of ether oxygens (including phenoxy) is 3. The zero-order chi connectivity index (χ0) is 14.3. The first kappa shape index (κ1) is 13.0. The highest BCUT2D eigenvalue weighted by molar-refractivity contribution is 5.70. The summed E-state index contributed by atoms with van der Waals surface area (Å²) in [7, 11) is 1.37. The maximum atomic E-state index is 14.1. The van der Waals surface area contributed by atoms with E-state index in [9.17, 15) is 9.18 Å². The van der Waals surface area contributed by atoms with E-state index >= 15 is 0 Å². The summed E-state index contributed by atoms with van der Waals surface area (Å²) in [5.74, 6) is -0.754. The number of halogens is 1. The van der Waals surface area contributed by atoms with Crippen LogP contribution in [0.3, 0.4) is 0 Å². The third kappa shape index (κ3) is 2.15. The van der Waals surface area contributed by atoms with E-state index in [1.807, 2.05) is 0 Å². The van der Waals surface area contributed by atoms with E-state index in [2.05, 4.69) is 0 Å². The molecule has 1 fully saturated rings. The van der Waals surface area contributed by atoms with Crippen molar-refractivity contribution >= 4 is 5.97 Å². The van der Waals surface area contributed by atoms with Crippen LogP contribution in [0.1, 0.15) is 30.7 Å². The third-order valence-corrected chi connectivity index (χ3v) is 3.77. The number of carbonyl (C=O) groups is 1. The molecule has 1 atom stereocenters. The van der Waals surface area contributed by atoms with Crippen molar-refractivity contribution in [1.82, 2.24) is 0 Å². The van der Waals surface area contributed by atoms with Gasteiger partial charge in [-0.3, -0.25) is 4.79 Å². The fourth-order valence-electron chi connectivity index (χ4n) is 2.75. The molecule has 20 heavy (non-hydrogen) atoms. The lowest BCUT2D eigenvalue weighted by molar-refractivity contribution is -0.137. The van der Waals surface area contributed by atoms with Crippen molar-refractivity contribution in [3.05, 3.63) is 17.4 Å². The van der Waals surface area contributed by atoms with Crippen LogP contribution in [0.15, 0.2) is 6.07 Å². The summed E-state index contributed by atoms with van der Waals surface area (Å²) in [5.41, 5.74) is 0.491. The molecular formula is C14H15FO5. The van der Waals surface area contributed by atoms with Gasteiger partial charge in [0.2, 0.25) is 6.79 Å². The smallest absolute Gasteiger partial charge is 0.303 e. The molecule has 1 N–H and O–H groups in total. The van der Waals surface area contributed by atoms with Gasteiger partial charge in [-0.1, -0.05) is 0 Å². The van der Waals surface area contributed by atoms with Gasteiger partial charge in [0.05, 0.1) is 13.5 Å². The SMILES string of the molecule is COc1c(F)cc2c(c1C(CC(=O)O)C1CC1)OCO2. The van der Waals surface area contributed by atoms with Crippen LogP contribution in [0, 0.1) is 11.7 Å². The Bertz CT molecular complexity index is 549. The van der Waals surface area contributed by atoms with Crippen LogP contribution >= 0.6 is 0 Å². The molecule has 0 amide bonds. The van der Waals surface area contributed by atoms with Crippen LogP contribution < -0.4 is 14.2 Å². The van der Waals surface area contributed by atoms with E-state index < -0.39 is 11.8 Å². The van der Waals surface area contributed by atoms with E-state index in [4.69, 9.17) is 19.3 Å². The molecule has 0 radical (unpaired) electrons. The van der Waals surface area contributed by atoms with E-state index in [-0.39, 0.29) is 30.8 Å². The molecule has 1 unspecified atom stereocenters. The van der Waals surface area contributed by atoms with Gasteiger partial charge in [-0.2, -0.15) is 0 Å². The molecule has 3 rings (SSSR count). The fourth-order valence-corrected chi connectivity index (χ4v) is 2.75. The number of aliphatic carboxylic acids is 1. The monoisotopic (exact) mass is 282 g/mol. The van der Waals surface area contributed by atoms with Gasteiger partial charge in [0.25, 0.3) is 0 Å². The first-order valence-corrected chi connectivity index (χ1v) is 6.49. The molecule has 0 aromatic heterocycles. The summed E-state index contributed by atoms with van der Waals surface area (Å²) in [6, 6.07) is 1.22. The van der Waals surface area contributed by atoms with Crippen molar-refractivity contribution < 1.29 is 28.5 Å². The highest BCUT2D eigenvalue weighted by Crippen LogP contribution is 2.54. The lowest BCUT2D eigenvalue weighted by atomic mass is 9.89. The molecule has 1 heterocycles. The molecule has 0 spiro atoms. The van der Waals surface area contributed by atoms with Crippen LogP contribution in [-0.2, 0) is 4.79 Å². The fraction of sp³-hybridized carbons (Fsp3) is 0.500. The minimum Gasteiger partial charge on any atom is -0.493 e. The molecule has 2 aliphatic rings. The maximum absolute atomic E-state index is 14.1. The first-order valence-electron chi connectivity index (χ1n) is 6.49. The summed E-state index contributed by atoms with van der Waals surface area (Å²) in [6.45, 7) is 0.0133. The second-order valence-electron chi connectivity index (χ2n) is 5.08. The predicted molar refractivity (Wildman–Crippen MR) is 66.8 cm³/mol. The van der Waals surface area contributed by atoms with Crippen molar-refractivity contribution in [3.63, 3.8) is 0 Å². The van der Waals surface area contributed by atoms with Gasteiger partial charge in [-0.25, -0.2) is 4.39 Å². The van der Waals surface area contributed by atoms with Gasteiger partial charge in [0.15, 0.2) is 23.1 Å². The summed E-state index contributed by atoms with van der Waals surface area (Å²) in [5, 5.41) is 9.10. The molecule has 6 heteroatoms. The normalized spacial score (nSPS) is 17.9. The summed E-state index contributed by atoms with van der Waals surface area (Å²) in [4.78, 5) is 11.1. The Morgan fingerprint density at radius 3 is 2.90 bits per heavy atom. The van der Waals surface area contributed by atoms with Gasteiger partial charge < -0.3 is 19.3 Å². The van der Waals surface area contributed by atoms with Gasteiger partial charge >= 0.3 is 5.97 Å². The molecule has 0 saturated heterocycles. The van der Waals surface area contributed by atoms with Crippen molar-refractivity contribution in [2.75, 3.05) is 13.9 Å². The Morgan fingerprint density at radius 1 is 1.55 bits per heavy atom. The lowest BCUT2D eigenvalue weighted by Crippen LogP contribution is -2.11. The number of carboxylic acid groups (broad SMARTS) is 1. The standard InChI is InChI=1S/C14H15FO5/c1-18-13-9(15)5-10-14(20-6-19-10)12(13)8(4-11(16)17)7-2-3-7/h5,7-8H,2-4,6H2,1H3,(H,16,17). The number of carboxylic acids is 1. The number of fused-ring (bicyclic) bond motifs is 1. The van der Waals surface area contributed by atoms with Gasteiger partial charge in [-0.15, -0.1) is 0 Å². The molecule has 1 aromatic carbocycles.